The second-order valence-corrected chi connectivity index (χ2v) is 7.50. The predicted octanol–water partition coefficient (Wildman–Crippen LogP) is 4.04. The summed E-state index contributed by atoms with van der Waals surface area (Å²) in [6.07, 6.45) is 6.58. The highest BCUT2D eigenvalue weighted by atomic mass is 16.3. The first-order valence-corrected chi connectivity index (χ1v) is 9.72. The van der Waals surface area contributed by atoms with Gasteiger partial charge in [0.15, 0.2) is 11.2 Å². The number of rotatable bonds is 2. The van der Waals surface area contributed by atoms with Crippen LogP contribution in [0.3, 0.4) is 0 Å². The van der Waals surface area contributed by atoms with E-state index >= 15 is 0 Å². The van der Waals surface area contributed by atoms with E-state index in [-0.39, 0.29) is 11.4 Å². The van der Waals surface area contributed by atoms with Gasteiger partial charge in [0, 0.05) is 0 Å². The van der Waals surface area contributed by atoms with Crippen LogP contribution < -0.4 is 4.52 Å². The Morgan fingerprint density at radius 2 is 1.71 bits per heavy atom. The molecule has 1 aliphatic rings. The summed E-state index contributed by atoms with van der Waals surface area (Å²) in [5.74, 6) is 0.791. The molecule has 144 valence electrons. The molecule has 5 rings (SSSR count). The molecule has 2 N–H and O–H groups in total. The minimum absolute atomic E-state index is 0. The van der Waals surface area contributed by atoms with Gasteiger partial charge in [0.2, 0.25) is 0 Å². The summed E-state index contributed by atoms with van der Waals surface area (Å²) in [5.41, 5.74) is 5.40. The van der Waals surface area contributed by atoms with Gasteiger partial charge in [-0.15, -0.1) is 0 Å². The van der Waals surface area contributed by atoms with Crippen molar-refractivity contribution in [3.05, 3.63) is 59.8 Å². The van der Waals surface area contributed by atoms with Gasteiger partial charge in [-0.1, -0.05) is 52.7 Å². The molecule has 4 aromatic rings. The summed E-state index contributed by atoms with van der Waals surface area (Å²) in [7, 11) is 0. The van der Waals surface area contributed by atoms with Gasteiger partial charge in [0.1, 0.15) is 10.7 Å². The van der Waals surface area contributed by atoms with Crippen LogP contribution in [-0.4, -0.2) is 25.5 Å². The lowest BCUT2D eigenvalue weighted by molar-refractivity contribution is -0.556. The monoisotopic (exact) mass is 376 g/mol. The molecule has 0 aliphatic heterocycles. The van der Waals surface area contributed by atoms with Crippen molar-refractivity contribution in [1.29, 1.82) is 0 Å². The Hall–Kier alpha value is -2.99. The number of aromatic hydroxyl groups is 1. The Morgan fingerprint density at radius 3 is 2.46 bits per heavy atom. The Kier molecular flexibility index (Phi) is 4.73. The fraction of sp³-hybridized carbons (Fsp3) is 0.318. The molecule has 0 amide bonds. The van der Waals surface area contributed by atoms with Gasteiger partial charge in [-0.25, -0.2) is 4.98 Å². The van der Waals surface area contributed by atoms with E-state index in [2.05, 4.69) is 34.5 Å². The van der Waals surface area contributed by atoms with E-state index in [4.69, 9.17) is 0 Å². The molecule has 6 nitrogen and oxygen atoms in total. The van der Waals surface area contributed by atoms with Gasteiger partial charge in [-0.05, 0) is 55.5 Å². The molecule has 0 radical (unpaired) electrons. The van der Waals surface area contributed by atoms with Crippen molar-refractivity contribution >= 4 is 16.6 Å². The maximum absolute atomic E-state index is 10.8. The number of hydrogen-bond acceptors (Lipinski definition) is 4. The van der Waals surface area contributed by atoms with Crippen molar-refractivity contribution in [1.82, 2.24) is 14.9 Å². The van der Waals surface area contributed by atoms with Gasteiger partial charge in [0.05, 0.1) is 5.69 Å². The fourth-order valence-corrected chi connectivity index (χ4v) is 4.32. The second-order valence-electron chi connectivity index (χ2n) is 7.50. The first-order valence-electron chi connectivity index (χ1n) is 9.72. The SMILES string of the molecule is Cc1nc2ccccc2[n+]2nn(-c3ccc(C4CCCCC4)cc3)c(O)c12.[OH-]. The van der Waals surface area contributed by atoms with Gasteiger partial charge in [0.25, 0.3) is 5.52 Å². The molecule has 2 heterocycles. The van der Waals surface area contributed by atoms with Crippen LogP contribution in [0.25, 0.3) is 22.2 Å². The van der Waals surface area contributed by atoms with Crippen molar-refractivity contribution < 1.29 is 15.1 Å². The van der Waals surface area contributed by atoms with Crippen LogP contribution in [0.2, 0.25) is 0 Å². The molecule has 28 heavy (non-hydrogen) atoms. The van der Waals surface area contributed by atoms with Crippen LogP contribution in [0, 0.1) is 6.92 Å². The van der Waals surface area contributed by atoms with E-state index in [1.54, 1.807) is 9.20 Å². The van der Waals surface area contributed by atoms with Crippen LogP contribution in [-0.2, 0) is 0 Å². The molecule has 2 aromatic carbocycles. The van der Waals surface area contributed by atoms with Gasteiger partial charge < -0.3 is 10.6 Å². The number of aromatic nitrogens is 4. The number of aryl methyl sites for hydroxylation is 1. The zero-order valence-corrected chi connectivity index (χ0v) is 15.9. The van der Waals surface area contributed by atoms with Crippen molar-refractivity contribution in [3.8, 4) is 11.6 Å². The lowest BCUT2D eigenvalue weighted by Gasteiger charge is -2.21. The molecule has 0 saturated heterocycles. The Morgan fingerprint density at radius 1 is 1.00 bits per heavy atom. The third kappa shape index (κ3) is 2.90. The maximum Gasteiger partial charge on any atom is 0.361 e. The van der Waals surface area contributed by atoms with Crippen LogP contribution in [0.5, 0.6) is 5.88 Å². The molecule has 1 saturated carbocycles. The minimum atomic E-state index is 0. The summed E-state index contributed by atoms with van der Waals surface area (Å²) in [5, 5.41) is 15.5. The number of para-hydroxylation sites is 2. The summed E-state index contributed by atoms with van der Waals surface area (Å²) in [6.45, 7) is 1.90. The molecular weight excluding hydrogens is 352 g/mol. The predicted molar refractivity (Wildman–Crippen MR) is 106 cm³/mol. The highest BCUT2D eigenvalue weighted by Gasteiger charge is 2.26. The van der Waals surface area contributed by atoms with Crippen molar-refractivity contribution in [3.63, 3.8) is 0 Å². The van der Waals surface area contributed by atoms with Crippen molar-refractivity contribution in [2.24, 2.45) is 0 Å². The average molecular weight is 376 g/mol. The van der Waals surface area contributed by atoms with Crippen molar-refractivity contribution in [2.75, 3.05) is 0 Å². The van der Waals surface area contributed by atoms with E-state index < -0.39 is 0 Å². The molecule has 0 unspecified atom stereocenters. The molecule has 1 fully saturated rings. The highest BCUT2D eigenvalue weighted by molar-refractivity contribution is 5.74. The number of nitrogens with zero attached hydrogens (tertiary/aromatic N) is 4. The number of hydrogen-bond donors (Lipinski definition) is 1. The average Bonchev–Trinajstić information content (AvgIpc) is 3.07. The van der Waals surface area contributed by atoms with Crippen molar-refractivity contribution in [2.45, 2.75) is 44.9 Å². The summed E-state index contributed by atoms with van der Waals surface area (Å²) in [4.78, 5) is 4.61. The molecule has 0 atom stereocenters. The molecule has 1 aliphatic carbocycles. The highest BCUT2D eigenvalue weighted by Crippen LogP contribution is 2.33. The van der Waals surface area contributed by atoms with E-state index in [0.29, 0.717) is 11.4 Å². The lowest BCUT2D eigenvalue weighted by Crippen LogP contribution is -2.27. The topological polar surface area (TPSA) is 85.0 Å². The Balaban J connectivity index is 0.00000192. The second kappa shape index (κ2) is 7.20. The zero-order chi connectivity index (χ0) is 18.4. The van der Waals surface area contributed by atoms with Crippen LogP contribution in [0.1, 0.15) is 49.3 Å². The first-order chi connectivity index (χ1) is 13.2. The Labute approximate surface area is 163 Å². The minimum Gasteiger partial charge on any atom is -0.870 e. The molecule has 0 bridgehead atoms. The summed E-state index contributed by atoms with van der Waals surface area (Å²) in [6, 6.07) is 16.3. The molecule has 0 spiro atoms. The van der Waals surface area contributed by atoms with Crippen LogP contribution in [0.4, 0.5) is 0 Å². The largest absolute Gasteiger partial charge is 0.870 e. The molecule has 6 heteroatoms. The zero-order valence-electron chi connectivity index (χ0n) is 15.9. The third-order valence-electron chi connectivity index (χ3n) is 5.76. The Bertz CT molecular complexity index is 1130. The maximum atomic E-state index is 10.8. The van der Waals surface area contributed by atoms with Gasteiger partial charge >= 0.3 is 5.88 Å². The third-order valence-corrected chi connectivity index (χ3v) is 5.76. The smallest absolute Gasteiger partial charge is 0.361 e. The normalized spacial score (nSPS) is 15.0. The standard InChI is InChI=1S/C22H22N4O.H2O/c1-15-21-22(27)25(24-26(21)20-10-6-5-9-19(20)23-15)18-13-11-17(12-14-18)16-7-3-2-4-8-16;/h5-6,9-14,16H,2-4,7-8H2,1H3;1H2. The van der Waals surface area contributed by atoms with E-state index in [9.17, 15) is 5.11 Å². The summed E-state index contributed by atoms with van der Waals surface area (Å²) < 4.78 is 3.38. The lowest BCUT2D eigenvalue weighted by atomic mass is 9.84. The fourth-order valence-electron chi connectivity index (χ4n) is 4.32. The van der Waals surface area contributed by atoms with E-state index in [1.807, 2.05) is 31.2 Å². The summed E-state index contributed by atoms with van der Waals surface area (Å²) >= 11 is 0. The molecule has 2 aromatic heterocycles. The van der Waals surface area contributed by atoms with Crippen LogP contribution in [0.15, 0.2) is 48.5 Å². The number of fused-ring (bicyclic) bond motifs is 3. The van der Waals surface area contributed by atoms with Crippen LogP contribution >= 0.6 is 0 Å². The van der Waals surface area contributed by atoms with Gasteiger partial charge in [-0.2, -0.15) is 0 Å². The van der Waals surface area contributed by atoms with Gasteiger partial charge in [-0.3, -0.25) is 0 Å². The quantitative estimate of drug-likeness (QED) is 0.535. The first kappa shape index (κ1) is 18.4. The number of benzene rings is 2. The molecular formula is C22H24N4O2. The van der Waals surface area contributed by atoms with E-state index in [0.717, 1.165) is 22.4 Å². The van der Waals surface area contributed by atoms with E-state index in [1.165, 1.54) is 37.7 Å².